The number of unbranched alkanes of at least 4 members (excludes halogenated alkanes) is 1. The van der Waals surface area contributed by atoms with Gasteiger partial charge >= 0.3 is 11.9 Å². The summed E-state index contributed by atoms with van der Waals surface area (Å²) in [5.41, 5.74) is 1.18. The molecule has 26 heavy (non-hydrogen) atoms. The largest absolute Gasteiger partial charge is 0.391 e. The number of rotatable bonds is 9. The number of benzene rings is 1. The minimum absolute atomic E-state index is 0.0506. The fraction of sp³-hybridized carbons (Fsp3) is 0.556. The average Bonchev–Trinajstić information content (AvgIpc) is 3.09. The summed E-state index contributed by atoms with van der Waals surface area (Å²) in [5.74, 6) is -1.59. The van der Waals surface area contributed by atoms with Gasteiger partial charge in [-0.3, -0.25) is 14.7 Å². The highest BCUT2D eigenvalue weighted by molar-refractivity contribution is 8.00. The third-order valence-corrected chi connectivity index (χ3v) is 7.42. The third-order valence-electron chi connectivity index (χ3n) is 4.44. The molecule has 1 heterocycles. The van der Waals surface area contributed by atoms with Crippen molar-refractivity contribution in [2.45, 2.75) is 37.0 Å². The first-order valence-electron chi connectivity index (χ1n) is 8.77. The van der Waals surface area contributed by atoms with Crippen LogP contribution in [0.2, 0.25) is 0 Å². The molecule has 0 radical (unpaired) electrons. The monoisotopic (exact) mass is 399 g/mol. The Bertz CT molecular complexity index is 661. The van der Waals surface area contributed by atoms with E-state index in [0.29, 0.717) is 19.4 Å². The van der Waals surface area contributed by atoms with Crippen molar-refractivity contribution < 1.29 is 23.8 Å². The van der Waals surface area contributed by atoms with Gasteiger partial charge in [-0.05, 0) is 50.5 Å². The zero-order valence-electron chi connectivity index (χ0n) is 15.0. The zero-order chi connectivity index (χ0) is 19.0. The molecule has 1 aromatic carbocycles. The Kier molecular flexibility index (Phi) is 7.89. The van der Waals surface area contributed by atoms with Crippen LogP contribution in [0, 0.1) is 0 Å². The molecule has 144 valence electrons. The van der Waals surface area contributed by atoms with E-state index >= 15 is 0 Å². The molecule has 0 spiro atoms. The molecule has 1 aliphatic heterocycles. The van der Waals surface area contributed by atoms with E-state index in [-0.39, 0.29) is 6.16 Å². The smallest absolute Gasteiger partial charge is 0.344 e. The first-order valence-corrected chi connectivity index (χ1v) is 12.0. The quantitative estimate of drug-likeness (QED) is 0.285. The third kappa shape index (κ3) is 6.23. The first-order chi connectivity index (χ1) is 12.4. The summed E-state index contributed by atoms with van der Waals surface area (Å²) in [5, 5.41) is 3.05. The number of thioether (sulfide) groups is 1. The van der Waals surface area contributed by atoms with Gasteiger partial charge in [-0.1, -0.05) is 30.3 Å². The number of carbonyl (C=O) groups is 2. The number of hydrogen-bond donors (Lipinski definition) is 2. The van der Waals surface area contributed by atoms with Crippen molar-refractivity contribution in [1.29, 1.82) is 0 Å². The molecule has 2 atom stereocenters. The molecule has 0 bridgehead atoms. The Morgan fingerprint density at radius 1 is 1.31 bits per heavy atom. The Morgan fingerprint density at radius 3 is 2.65 bits per heavy atom. The van der Waals surface area contributed by atoms with E-state index in [1.165, 1.54) is 17.3 Å². The zero-order valence-corrected chi connectivity index (χ0v) is 16.7. The van der Waals surface area contributed by atoms with Gasteiger partial charge in [0, 0.05) is 6.16 Å². The summed E-state index contributed by atoms with van der Waals surface area (Å²) in [6.45, 7) is 0.685. The molecule has 0 amide bonds. The normalized spacial score (nSPS) is 21.9. The predicted molar refractivity (Wildman–Crippen MR) is 104 cm³/mol. The lowest BCUT2D eigenvalue weighted by Crippen LogP contribution is -2.46. The second-order valence-electron chi connectivity index (χ2n) is 6.49. The number of aryl methyl sites for hydroxylation is 1. The summed E-state index contributed by atoms with van der Waals surface area (Å²) in [7, 11) is -3.64. The number of hydrogen-bond acceptors (Lipinski definition) is 6. The van der Waals surface area contributed by atoms with E-state index in [9.17, 15) is 19.0 Å². The Morgan fingerprint density at radius 2 is 2.04 bits per heavy atom. The van der Waals surface area contributed by atoms with E-state index in [2.05, 4.69) is 5.32 Å². The molecule has 2 N–H and O–H groups in total. The summed E-state index contributed by atoms with van der Waals surface area (Å²) >= 11 is 1.29. The maximum atomic E-state index is 12.2. The second kappa shape index (κ2) is 9.70. The van der Waals surface area contributed by atoms with Crippen LogP contribution in [0.1, 0.15) is 31.2 Å². The molecule has 2 rings (SSSR count). The number of carbonyl (C=O) groups excluding carboxylic acids is 2. The van der Waals surface area contributed by atoms with Crippen LogP contribution in [0.25, 0.3) is 0 Å². The van der Waals surface area contributed by atoms with Crippen LogP contribution in [0.5, 0.6) is 0 Å². The molecule has 1 aliphatic rings. The van der Waals surface area contributed by atoms with E-state index in [1.807, 2.05) is 30.3 Å². The van der Waals surface area contributed by atoms with Gasteiger partial charge in [0.05, 0.1) is 0 Å². The Balaban J connectivity index is 1.74. The van der Waals surface area contributed by atoms with Crippen LogP contribution in [0.4, 0.5) is 0 Å². The predicted octanol–water partition coefficient (Wildman–Crippen LogP) is 2.79. The molecule has 1 fully saturated rings. The first kappa shape index (κ1) is 21.2. The van der Waals surface area contributed by atoms with E-state index < -0.39 is 30.3 Å². The van der Waals surface area contributed by atoms with Crippen molar-refractivity contribution in [1.82, 2.24) is 5.32 Å². The molecule has 0 saturated carbocycles. The maximum absolute atomic E-state index is 12.2. The van der Waals surface area contributed by atoms with Gasteiger partial charge in [0.15, 0.2) is 4.87 Å². The van der Waals surface area contributed by atoms with E-state index in [0.717, 1.165) is 19.3 Å². The van der Waals surface area contributed by atoms with Crippen LogP contribution in [0.15, 0.2) is 30.3 Å². The molecule has 1 saturated heterocycles. The van der Waals surface area contributed by atoms with Crippen LogP contribution in [-0.2, 0) is 25.3 Å². The molecule has 1 aromatic rings. The molecule has 1 unspecified atom stereocenters. The van der Waals surface area contributed by atoms with Crippen molar-refractivity contribution in [3.63, 3.8) is 0 Å². The molecule has 6 nitrogen and oxygen atoms in total. The highest BCUT2D eigenvalue weighted by Gasteiger charge is 2.43. The summed E-state index contributed by atoms with van der Waals surface area (Å²) in [4.78, 5) is 33.2. The van der Waals surface area contributed by atoms with Gasteiger partial charge in [0.25, 0.3) is 0 Å². The summed E-state index contributed by atoms with van der Waals surface area (Å²) in [6.07, 6.45) is 4.74. The minimum Gasteiger partial charge on any atom is -0.391 e. The van der Waals surface area contributed by atoms with Gasteiger partial charge in [-0.25, -0.2) is 4.79 Å². The van der Waals surface area contributed by atoms with Crippen molar-refractivity contribution in [2.75, 3.05) is 25.1 Å². The lowest BCUT2D eigenvalue weighted by atomic mass is 10.1. The SMILES string of the molecule is CS[C@@]1(C(=O)OC(=O)CP(=O)(O)CCCCc2ccccc2)CCCN1. The number of ether oxygens (including phenoxy) is 1. The minimum atomic E-state index is -3.64. The van der Waals surface area contributed by atoms with Gasteiger partial charge in [-0.2, -0.15) is 0 Å². The highest BCUT2D eigenvalue weighted by Crippen LogP contribution is 2.41. The molecular weight excluding hydrogens is 373 g/mol. The fourth-order valence-corrected chi connectivity index (χ4v) is 5.13. The van der Waals surface area contributed by atoms with E-state index in [1.54, 1.807) is 6.26 Å². The average molecular weight is 399 g/mol. The van der Waals surface area contributed by atoms with Gasteiger partial charge in [0.1, 0.15) is 6.16 Å². The van der Waals surface area contributed by atoms with Crippen molar-refractivity contribution >= 4 is 31.1 Å². The standard InChI is InChI=1S/C18H26NO5PS/c1-26-18(11-7-12-19-18)17(21)24-16(20)14-25(22,23)13-6-5-10-15-8-3-2-4-9-15/h2-4,8-9,19H,5-7,10-14H2,1H3,(H,22,23)/t18-/m1/s1. The van der Waals surface area contributed by atoms with Crippen molar-refractivity contribution in [2.24, 2.45) is 0 Å². The Hall–Kier alpha value is -1.14. The molecule has 8 heteroatoms. The van der Waals surface area contributed by atoms with Crippen LogP contribution < -0.4 is 5.32 Å². The lowest BCUT2D eigenvalue weighted by molar-refractivity contribution is -0.160. The van der Waals surface area contributed by atoms with Crippen molar-refractivity contribution in [3.8, 4) is 0 Å². The number of nitrogens with one attached hydrogen (secondary N) is 1. The number of esters is 2. The summed E-state index contributed by atoms with van der Waals surface area (Å²) in [6, 6.07) is 9.89. The lowest BCUT2D eigenvalue weighted by Gasteiger charge is -2.24. The van der Waals surface area contributed by atoms with E-state index in [4.69, 9.17) is 4.74 Å². The molecular formula is C18H26NO5PS. The van der Waals surface area contributed by atoms with Crippen molar-refractivity contribution in [3.05, 3.63) is 35.9 Å². The molecule has 0 aliphatic carbocycles. The van der Waals surface area contributed by atoms with Gasteiger partial charge in [-0.15, -0.1) is 11.8 Å². The van der Waals surface area contributed by atoms with Crippen LogP contribution in [0.3, 0.4) is 0 Å². The van der Waals surface area contributed by atoms with Gasteiger partial charge < -0.3 is 9.63 Å². The maximum Gasteiger partial charge on any atom is 0.344 e. The molecule has 0 aromatic heterocycles. The van der Waals surface area contributed by atoms with Gasteiger partial charge in [0.2, 0.25) is 7.37 Å². The summed E-state index contributed by atoms with van der Waals surface area (Å²) < 4.78 is 17.1. The Labute approximate surface area is 158 Å². The topological polar surface area (TPSA) is 92.7 Å². The fourth-order valence-electron chi connectivity index (χ4n) is 2.98. The van der Waals surface area contributed by atoms with Crippen LogP contribution >= 0.6 is 19.1 Å². The highest BCUT2D eigenvalue weighted by atomic mass is 32.2. The second-order valence-corrected chi connectivity index (χ2v) is 10.1. The van der Waals surface area contributed by atoms with Crippen LogP contribution in [-0.4, -0.2) is 46.8 Å².